The molecule has 0 bridgehead atoms. The van der Waals surface area contributed by atoms with Gasteiger partial charge in [-0.1, -0.05) is 68.2 Å². The van der Waals surface area contributed by atoms with Crippen LogP contribution in [0.3, 0.4) is 0 Å². The topological polar surface area (TPSA) is 20.3 Å². The van der Waals surface area contributed by atoms with Gasteiger partial charge < -0.3 is 4.90 Å². The smallest absolute Gasteiger partial charge is 0.225 e. The van der Waals surface area contributed by atoms with E-state index in [-0.39, 0.29) is 5.92 Å². The van der Waals surface area contributed by atoms with Gasteiger partial charge in [0, 0.05) is 18.5 Å². The van der Waals surface area contributed by atoms with E-state index in [1.807, 2.05) is 13.8 Å². The molecule has 2 heteroatoms. The van der Waals surface area contributed by atoms with Gasteiger partial charge in [0.25, 0.3) is 0 Å². The van der Waals surface area contributed by atoms with Crippen LogP contribution in [-0.4, -0.2) is 23.4 Å². The highest BCUT2D eigenvalue weighted by molar-refractivity contribution is 5.79. The van der Waals surface area contributed by atoms with Crippen LogP contribution in [0.15, 0.2) is 0 Å². The Kier molecular flexibility index (Phi) is 13.3. The van der Waals surface area contributed by atoms with E-state index in [0.29, 0.717) is 23.8 Å². The first-order valence-electron chi connectivity index (χ1n) is 8.65. The predicted octanol–water partition coefficient (Wildman–Crippen LogP) is 5.37. The molecule has 0 fully saturated rings. The van der Waals surface area contributed by atoms with Crippen LogP contribution < -0.4 is 0 Å². The molecule has 0 spiro atoms. The van der Waals surface area contributed by atoms with E-state index in [0.717, 1.165) is 25.8 Å². The van der Waals surface area contributed by atoms with Crippen molar-refractivity contribution >= 4 is 5.91 Å². The average Bonchev–Trinajstić information content (AvgIpc) is 2.44. The van der Waals surface area contributed by atoms with Gasteiger partial charge in [-0.2, -0.15) is 0 Å². The summed E-state index contributed by atoms with van der Waals surface area (Å²) < 4.78 is 0. The summed E-state index contributed by atoms with van der Waals surface area (Å²) in [5.74, 6) is 1.51. The first-order valence-corrected chi connectivity index (χ1v) is 8.65. The number of hydrogen-bond donors (Lipinski definition) is 0. The van der Waals surface area contributed by atoms with Crippen molar-refractivity contribution in [2.24, 2.45) is 17.8 Å². The molecule has 0 saturated carbocycles. The van der Waals surface area contributed by atoms with Crippen LogP contribution in [0.25, 0.3) is 0 Å². The second-order valence-corrected chi connectivity index (χ2v) is 6.20. The van der Waals surface area contributed by atoms with Crippen molar-refractivity contribution in [3.63, 3.8) is 0 Å². The van der Waals surface area contributed by atoms with Crippen LogP contribution >= 0.6 is 0 Å². The molecule has 3 atom stereocenters. The van der Waals surface area contributed by atoms with Crippen molar-refractivity contribution in [2.75, 3.05) is 6.54 Å². The van der Waals surface area contributed by atoms with Crippen molar-refractivity contribution in [3.05, 3.63) is 0 Å². The summed E-state index contributed by atoms with van der Waals surface area (Å²) in [6.45, 7) is 20.1. The number of carbonyl (C=O) groups excluding carboxylic acids is 1. The molecular formula is C18H39NO. The van der Waals surface area contributed by atoms with Crippen LogP contribution in [0.5, 0.6) is 0 Å². The zero-order valence-corrected chi connectivity index (χ0v) is 15.5. The van der Waals surface area contributed by atoms with E-state index >= 15 is 0 Å². The summed E-state index contributed by atoms with van der Waals surface area (Å²) in [6, 6.07) is 0.372. The van der Waals surface area contributed by atoms with Gasteiger partial charge in [-0.3, -0.25) is 4.79 Å². The second kappa shape index (κ2) is 12.2. The number of carbonyl (C=O) groups is 1. The molecule has 0 aromatic rings. The van der Waals surface area contributed by atoms with Crippen molar-refractivity contribution < 1.29 is 4.79 Å². The van der Waals surface area contributed by atoms with Crippen molar-refractivity contribution in [2.45, 2.75) is 87.6 Å². The van der Waals surface area contributed by atoms with Gasteiger partial charge in [-0.15, -0.1) is 0 Å². The molecule has 0 aliphatic carbocycles. The molecule has 0 aliphatic rings. The molecule has 122 valence electrons. The van der Waals surface area contributed by atoms with Crippen LogP contribution in [0.4, 0.5) is 0 Å². The third kappa shape index (κ3) is 7.91. The van der Waals surface area contributed by atoms with E-state index in [1.165, 1.54) is 0 Å². The molecule has 20 heavy (non-hydrogen) atoms. The molecule has 0 aromatic heterocycles. The van der Waals surface area contributed by atoms with Crippen molar-refractivity contribution in [1.82, 2.24) is 4.90 Å². The van der Waals surface area contributed by atoms with Gasteiger partial charge in [0.15, 0.2) is 0 Å². The van der Waals surface area contributed by atoms with Gasteiger partial charge in [0.2, 0.25) is 5.91 Å². The van der Waals surface area contributed by atoms with E-state index in [4.69, 9.17) is 0 Å². The van der Waals surface area contributed by atoms with E-state index in [9.17, 15) is 4.79 Å². The Balaban J connectivity index is 0. The first-order chi connectivity index (χ1) is 9.34. The number of amides is 1. The average molecular weight is 286 g/mol. The third-order valence-corrected chi connectivity index (χ3v) is 3.97. The van der Waals surface area contributed by atoms with Crippen LogP contribution in [0, 0.1) is 17.8 Å². The van der Waals surface area contributed by atoms with Gasteiger partial charge in [0.1, 0.15) is 0 Å². The fraction of sp³-hybridized carbons (Fsp3) is 0.944. The van der Waals surface area contributed by atoms with Crippen LogP contribution in [0.2, 0.25) is 0 Å². The van der Waals surface area contributed by atoms with Crippen LogP contribution in [0.1, 0.15) is 81.6 Å². The normalized spacial score (nSPS) is 15.1. The number of nitrogens with zero attached hydrogens (tertiary/aromatic N) is 1. The quantitative estimate of drug-likeness (QED) is 0.587. The molecule has 0 heterocycles. The summed E-state index contributed by atoms with van der Waals surface area (Å²) in [7, 11) is 0. The fourth-order valence-electron chi connectivity index (χ4n) is 2.31. The van der Waals surface area contributed by atoms with Crippen molar-refractivity contribution in [3.8, 4) is 0 Å². The summed E-state index contributed by atoms with van der Waals surface area (Å²) in [6.07, 6.45) is 3.32. The summed E-state index contributed by atoms with van der Waals surface area (Å²) in [5, 5.41) is 0. The summed E-state index contributed by atoms with van der Waals surface area (Å²) in [5.41, 5.74) is 0. The molecule has 1 amide bonds. The van der Waals surface area contributed by atoms with Gasteiger partial charge >= 0.3 is 0 Å². The third-order valence-electron chi connectivity index (χ3n) is 3.97. The molecule has 0 rings (SSSR count). The standard InChI is InChI=1S/C16H33NO.C2H6/c1-8-10-14(6)17(11-12(3)4)16(18)15(7)13(5)9-2;1-2/h12-15H,8-11H2,1-7H3;1-2H3. The minimum Gasteiger partial charge on any atom is -0.340 e. The molecule has 0 radical (unpaired) electrons. The largest absolute Gasteiger partial charge is 0.340 e. The molecule has 0 aromatic carbocycles. The lowest BCUT2D eigenvalue weighted by molar-refractivity contribution is -0.139. The maximum absolute atomic E-state index is 12.6. The highest BCUT2D eigenvalue weighted by Gasteiger charge is 2.27. The minimum atomic E-state index is 0.146. The second-order valence-electron chi connectivity index (χ2n) is 6.20. The highest BCUT2D eigenvalue weighted by atomic mass is 16.2. The zero-order valence-electron chi connectivity index (χ0n) is 15.5. The molecule has 2 nitrogen and oxygen atoms in total. The summed E-state index contributed by atoms with van der Waals surface area (Å²) in [4.78, 5) is 14.7. The van der Waals surface area contributed by atoms with Crippen LogP contribution in [-0.2, 0) is 4.79 Å². The maximum atomic E-state index is 12.6. The Bertz CT molecular complexity index is 238. The van der Waals surface area contributed by atoms with E-state index < -0.39 is 0 Å². The van der Waals surface area contributed by atoms with Gasteiger partial charge in [-0.05, 0) is 25.2 Å². The first kappa shape index (κ1) is 21.8. The number of rotatable bonds is 8. The lowest BCUT2D eigenvalue weighted by Gasteiger charge is -2.34. The lowest BCUT2D eigenvalue weighted by atomic mass is 9.91. The molecule has 3 unspecified atom stereocenters. The molecule has 0 aliphatic heterocycles. The van der Waals surface area contributed by atoms with E-state index in [2.05, 4.69) is 53.4 Å². The highest BCUT2D eigenvalue weighted by Crippen LogP contribution is 2.20. The number of hydrogen-bond acceptors (Lipinski definition) is 1. The maximum Gasteiger partial charge on any atom is 0.225 e. The summed E-state index contributed by atoms with van der Waals surface area (Å²) >= 11 is 0. The Morgan fingerprint density at radius 2 is 1.50 bits per heavy atom. The predicted molar refractivity (Wildman–Crippen MR) is 90.9 cm³/mol. The Morgan fingerprint density at radius 1 is 1.00 bits per heavy atom. The monoisotopic (exact) mass is 285 g/mol. The van der Waals surface area contributed by atoms with Crippen molar-refractivity contribution in [1.29, 1.82) is 0 Å². The van der Waals surface area contributed by atoms with Gasteiger partial charge in [-0.25, -0.2) is 0 Å². The Morgan fingerprint density at radius 3 is 1.85 bits per heavy atom. The van der Waals surface area contributed by atoms with Gasteiger partial charge in [0.05, 0.1) is 0 Å². The Labute approximate surface area is 128 Å². The Hall–Kier alpha value is -0.530. The lowest BCUT2D eigenvalue weighted by Crippen LogP contribution is -2.44. The fourth-order valence-corrected chi connectivity index (χ4v) is 2.31. The molecule has 0 saturated heterocycles. The minimum absolute atomic E-state index is 0.146. The molecular weight excluding hydrogens is 246 g/mol. The SMILES string of the molecule is CC.CCCC(C)N(CC(C)C)C(=O)C(C)C(C)CC. The molecule has 0 N–H and O–H groups in total. The zero-order chi connectivity index (χ0) is 16.3. The van der Waals surface area contributed by atoms with E-state index in [1.54, 1.807) is 0 Å².